The molecule has 1 aromatic rings. The van der Waals surface area contributed by atoms with Crippen molar-refractivity contribution in [3.8, 4) is 0 Å². The molecule has 0 spiro atoms. The molecule has 90 valence electrons. The highest BCUT2D eigenvalue weighted by atomic mass is 35.5. The normalized spacial score (nSPS) is 15.7. The van der Waals surface area contributed by atoms with E-state index in [0.717, 1.165) is 44.2 Å². The van der Waals surface area contributed by atoms with Crippen LogP contribution in [-0.4, -0.2) is 42.8 Å². The van der Waals surface area contributed by atoms with Gasteiger partial charge in [-0.15, -0.1) is 12.4 Å². The van der Waals surface area contributed by atoms with E-state index in [1.54, 1.807) is 0 Å². The number of ether oxygens (including phenoxy) is 1. The number of aromatic nitrogens is 2. The van der Waals surface area contributed by atoms with E-state index < -0.39 is 0 Å². The zero-order valence-electron chi connectivity index (χ0n) is 9.13. The van der Waals surface area contributed by atoms with Crippen LogP contribution in [0.1, 0.15) is 5.56 Å². The summed E-state index contributed by atoms with van der Waals surface area (Å²) in [4.78, 5) is 10.8. The van der Waals surface area contributed by atoms with Crippen molar-refractivity contribution in [2.24, 2.45) is 5.73 Å². The van der Waals surface area contributed by atoms with Crippen molar-refractivity contribution in [2.45, 2.75) is 6.42 Å². The van der Waals surface area contributed by atoms with E-state index in [2.05, 4.69) is 14.9 Å². The van der Waals surface area contributed by atoms with Gasteiger partial charge in [-0.2, -0.15) is 0 Å². The molecule has 0 aromatic carbocycles. The van der Waals surface area contributed by atoms with Crippen LogP contribution in [0.3, 0.4) is 0 Å². The number of nitrogens with zero attached hydrogens (tertiary/aromatic N) is 3. The fourth-order valence-corrected chi connectivity index (χ4v) is 1.57. The minimum Gasteiger partial charge on any atom is -0.378 e. The van der Waals surface area contributed by atoms with Crippen LogP contribution in [0, 0.1) is 0 Å². The van der Waals surface area contributed by atoms with Gasteiger partial charge in [-0.3, -0.25) is 0 Å². The first-order valence-electron chi connectivity index (χ1n) is 5.24. The van der Waals surface area contributed by atoms with Crippen molar-refractivity contribution in [3.63, 3.8) is 0 Å². The van der Waals surface area contributed by atoms with E-state index >= 15 is 0 Å². The van der Waals surface area contributed by atoms with Gasteiger partial charge in [-0.05, 0) is 18.5 Å². The molecule has 5 nitrogen and oxygen atoms in total. The Bertz CT molecular complexity index is 300. The summed E-state index contributed by atoms with van der Waals surface area (Å²) in [5, 5.41) is 0. The number of hydrogen-bond acceptors (Lipinski definition) is 5. The topological polar surface area (TPSA) is 64.3 Å². The molecule has 0 saturated carbocycles. The lowest BCUT2D eigenvalue weighted by Crippen LogP contribution is -2.37. The van der Waals surface area contributed by atoms with E-state index in [1.807, 2.05) is 12.4 Å². The largest absolute Gasteiger partial charge is 0.378 e. The van der Waals surface area contributed by atoms with Crippen molar-refractivity contribution < 1.29 is 4.74 Å². The zero-order valence-corrected chi connectivity index (χ0v) is 9.95. The number of rotatable bonds is 3. The Morgan fingerprint density at radius 3 is 2.44 bits per heavy atom. The van der Waals surface area contributed by atoms with Gasteiger partial charge in [0.2, 0.25) is 5.95 Å². The lowest BCUT2D eigenvalue weighted by Gasteiger charge is -2.26. The van der Waals surface area contributed by atoms with Crippen LogP contribution in [0.25, 0.3) is 0 Å². The first kappa shape index (κ1) is 13.2. The van der Waals surface area contributed by atoms with Crippen LogP contribution in [0.4, 0.5) is 5.95 Å². The molecule has 0 bridgehead atoms. The second kappa shape index (κ2) is 6.62. The average Bonchev–Trinajstić information content (AvgIpc) is 2.32. The molecular formula is C10H17ClN4O. The van der Waals surface area contributed by atoms with Crippen LogP contribution in [0.2, 0.25) is 0 Å². The summed E-state index contributed by atoms with van der Waals surface area (Å²) in [6.07, 6.45) is 4.54. The highest BCUT2D eigenvalue weighted by Crippen LogP contribution is 2.09. The molecule has 16 heavy (non-hydrogen) atoms. The van der Waals surface area contributed by atoms with Gasteiger partial charge in [0.15, 0.2) is 0 Å². The summed E-state index contributed by atoms with van der Waals surface area (Å²) in [6, 6.07) is 0. The fraction of sp³-hybridized carbons (Fsp3) is 0.600. The molecule has 0 atom stereocenters. The third-order valence-corrected chi connectivity index (χ3v) is 2.42. The molecule has 1 saturated heterocycles. The van der Waals surface area contributed by atoms with Gasteiger partial charge in [0.1, 0.15) is 0 Å². The first-order valence-corrected chi connectivity index (χ1v) is 5.24. The number of hydrogen-bond donors (Lipinski definition) is 1. The maximum Gasteiger partial charge on any atom is 0.225 e. The van der Waals surface area contributed by atoms with Gasteiger partial charge in [-0.25, -0.2) is 9.97 Å². The molecule has 0 radical (unpaired) electrons. The van der Waals surface area contributed by atoms with Gasteiger partial charge in [0, 0.05) is 25.5 Å². The van der Waals surface area contributed by atoms with E-state index in [4.69, 9.17) is 10.5 Å². The molecule has 0 aliphatic carbocycles. The molecule has 2 N–H and O–H groups in total. The van der Waals surface area contributed by atoms with E-state index in [1.165, 1.54) is 0 Å². The standard InChI is InChI=1S/C10H16N4O.ClH/c11-2-1-9-7-12-10(13-8-9)14-3-5-15-6-4-14;/h7-8H,1-6,11H2;1H. The Morgan fingerprint density at radius 2 is 1.88 bits per heavy atom. The van der Waals surface area contributed by atoms with Crippen LogP contribution < -0.4 is 10.6 Å². The van der Waals surface area contributed by atoms with Crippen LogP contribution in [-0.2, 0) is 11.2 Å². The summed E-state index contributed by atoms with van der Waals surface area (Å²) >= 11 is 0. The SMILES string of the molecule is Cl.NCCc1cnc(N2CCOCC2)nc1. The molecule has 1 fully saturated rings. The second-order valence-corrected chi connectivity index (χ2v) is 3.53. The van der Waals surface area contributed by atoms with E-state index in [0.29, 0.717) is 6.54 Å². The molecule has 6 heteroatoms. The summed E-state index contributed by atoms with van der Waals surface area (Å²) in [5.41, 5.74) is 6.55. The predicted octanol–water partition coefficient (Wildman–Crippen LogP) is 0.236. The van der Waals surface area contributed by atoms with E-state index in [9.17, 15) is 0 Å². The maximum atomic E-state index is 5.46. The molecule has 2 heterocycles. The molecule has 0 unspecified atom stereocenters. The molecule has 2 rings (SSSR count). The average molecular weight is 245 g/mol. The van der Waals surface area contributed by atoms with Crippen molar-refractivity contribution >= 4 is 18.4 Å². The number of morpholine rings is 1. The summed E-state index contributed by atoms with van der Waals surface area (Å²) in [5.74, 6) is 0.791. The summed E-state index contributed by atoms with van der Waals surface area (Å²) in [6.45, 7) is 3.90. The molecule has 0 amide bonds. The van der Waals surface area contributed by atoms with Crippen molar-refractivity contribution in [3.05, 3.63) is 18.0 Å². The van der Waals surface area contributed by atoms with Crippen molar-refractivity contribution in [1.82, 2.24) is 9.97 Å². The molecular weight excluding hydrogens is 228 g/mol. The predicted molar refractivity (Wildman–Crippen MR) is 65.1 cm³/mol. The van der Waals surface area contributed by atoms with Crippen LogP contribution >= 0.6 is 12.4 Å². The quantitative estimate of drug-likeness (QED) is 0.825. The first-order chi connectivity index (χ1) is 7.40. The zero-order chi connectivity index (χ0) is 10.5. The molecule has 1 aromatic heterocycles. The monoisotopic (exact) mass is 244 g/mol. The van der Waals surface area contributed by atoms with Gasteiger partial charge < -0.3 is 15.4 Å². The fourth-order valence-electron chi connectivity index (χ4n) is 1.57. The van der Waals surface area contributed by atoms with Gasteiger partial charge in [0.05, 0.1) is 13.2 Å². The summed E-state index contributed by atoms with van der Waals surface area (Å²) in [7, 11) is 0. The lowest BCUT2D eigenvalue weighted by atomic mass is 10.2. The van der Waals surface area contributed by atoms with Crippen molar-refractivity contribution in [2.75, 3.05) is 37.7 Å². The Kier molecular flexibility index (Phi) is 5.45. The maximum absolute atomic E-state index is 5.46. The Hall–Kier alpha value is -0.910. The number of halogens is 1. The van der Waals surface area contributed by atoms with Crippen LogP contribution in [0.15, 0.2) is 12.4 Å². The highest BCUT2D eigenvalue weighted by molar-refractivity contribution is 5.85. The third kappa shape index (κ3) is 3.30. The Balaban J connectivity index is 0.00000128. The second-order valence-electron chi connectivity index (χ2n) is 3.53. The van der Waals surface area contributed by atoms with E-state index in [-0.39, 0.29) is 12.4 Å². The smallest absolute Gasteiger partial charge is 0.225 e. The molecule has 1 aliphatic rings. The van der Waals surface area contributed by atoms with Gasteiger partial charge in [-0.1, -0.05) is 0 Å². The number of nitrogens with two attached hydrogens (primary N) is 1. The minimum absolute atomic E-state index is 0. The van der Waals surface area contributed by atoms with Gasteiger partial charge >= 0.3 is 0 Å². The van der Waals surface area contributed by atoms with Crippen LogP contribution in [0.5, 0.6) is 0 Å². The van der Waals surface area contributed by atoms with Crippen molar-refractivity contribution in [1.29, 1.82) is 0 Å². The highest BCUT2D eigenvalue weighted by Gasteiger charge is 2.12. The third-order valence-electron chi connectivity index (χ3n) is 2.42. The molecule has 1 aliphatic heterocycles. The minimum atomic E-state index is 0. The lowest BCUT2D eigenvalue weighted by molar-refractivity contribution is 0.122. The Morgan fingerprint density at radius 1 is 1.25 bits per heavy atom. The number of anilines is 1. The summed E-state index contributed by atoms with van der Waals surface area (Å²) < 4.78 is 5.27. The van der Waals surface area contributed by atoms with Gasteiger partial charge in [0.25, 0.3) is 0 Å². The Labute approximate surface area is 101 Å².